The molecule has 0 saturated carbocycles. The van der Waals surface area contributed by atoms with Crippen molar-refractivity contribution in [2.24, 2.45) is 10.8 Å². The monoisotopic (exact) mass is 1180 g/mol. The van der Waals surface area contributed by atoms with Crippen molar-refractivity contribution < 1.29 is 54.1 Å². The maximum atomic E-state index is 14.7. The number of nitrogens with two attached hydrogens (primary N) is 1. The predicted octanol–water partition coefficient (Wildman–Crippen LogP) is 6.74. The molecular formula is C50H78N9O16PSSi2. The van der Waals surface area contributed by atoms with E-state index in [0.717, 1.165) is 14.5 Å². The van der Waals surface area contributed by atoms with Gasteiger partial charge in [-0.2, -0.15) is 13.5 Å². The van der Waals surface area contributed by atoms with Crippen molar-refractivity contribution in [2.45, 2.75) is 192 Å². The smallest absolute Gasteiger partial charge is 0.459 e. The number of esters is 1. The molecule has 0 radical (unpaired) electrons. The van der Waals surface area contributed by atoms with Crippen LogP contribution in [0.25, 0.3) is 10.4 Å². The number of carbonyl (C=O) groups is 1. The van der Waals surface area contributed by atoms with Crippen LogP contribution in [0.4, 0.5) is 0 Å². The van der Waals surface area contributed by atoms with Crippen LogP contribution in [-0.4, -0.2) is 106 Å². The molecule has 29 heteroatoms. The molecule has 1 spiro atoms. The number of methoxy groups -OCH3 is 1. The lowest BCUT2D eigenvalue weighted by Gasteiger charge is -2.43. The molecule has 0 bridgehead atoms. The molecular weight excluding hydrogens is 1100 g/mol. The van der Waals surface area contributed by atoms with Crippen molar-refractivity contribution in [1.82, 2.24) is 23.4 Å². The number of nitrogens with zero attached hydrogens (tertiary/aromatic N) is 7. The average Bonchev–Trinajstić information content (AvgIpc) is 4.22. The van der Waals surface area contributed by atoms with Gasteiger partial charge >= 0.3 is 25.1 Å². The molecule has 0 amide bonds. The van der Waals surface area contributed by atoms with Crippen LogP contribution in [-0.2, 0) is 64.3 Å². The highest BCUT2D eigenvalue weighted by Crippen LogP contribution is 2.52. The third-order valence-corrected chi connectivity index (χ3v) is 27.2. The summed E-state index contributed by atoms with van der Waals surface area (Å²) in [5.41, 5.74) is 12.0. The lowest BCUT2D eigenvalue weighted by Crippen LogP contribution is -2.59. The number of carbonyl (C=O) groups excluding carboxylic acids is 1. The van der Waals surface area contributed by atoms with Gasteiger partial charge in [0.1, 0.15) is 30.2 Å². The zero-order chi connectivity index (χ0) is 58.8. The van der Waals surface area contributed by atoms with E-state index in [1.54, 1.807) is 32.0 Å². The Labute approximate surface area is 462 Å². The Kier molecular flexibility index (Phi) is 19.4. The van der Waals surface area contributed by atoms with Crippen molar-refractivity contribution in [3.63, 3.8) is 0 Å². The molecule has 6 rings (SSSR count). The average molecular weight is 1180 g/mol. The summed E-state index contributed by atoms with van der Waals surface area (Å²) in [4.78, 5) is 71.2. The van der Waals surface area contributed by atoms with Gasteiger partial charge in [0, 0.05) is 47.9 Å². The van der Waals surface area contributed by atoms with E-state index in [4.69, 9.17) is 42.0 Å². The van der Waals surface area contributed by atoms with E-state index in [-0.39, 0.29) is 53.7 Å². The Morgan fingerprint density at radius 2 is 1.46 bits per heavy atom. The second-order valence-electron chi connectivity index (χ2n) is 23.4. The SMILES string of the molecule is COC(=O)C(C)NP(=O)(OC[C@@H]1O[C@H](n2cc(C)c(=O)n(CCCCCCn3c(=O)c(C)cn([C@@H]4O[C@H](CO[Si](C)(C)C(C)(C)C)[C@@]5(OS(=O)(=O)C=C5N)[C@H]4O[Si](C)(C)C(C)(C)C)c3=O)c2=O)CC1N=[N+]=[N-])Oc1ccccc1. The van der Waals surface area contributed by atoms with Crippen molar-refractivity contribution in [2.75, 3.05) is 20.3 Å². The molecule has 25 nitrogen and oxygen atoms in total. The van der Waals surface area contributed by atoms with Crippen molar-refractivity contribution in [1.29, 1.82) is 0 Å². The standard InChI is InChI=1S/C50H78N9O16PSSi2/c1-32-27-58(40-26-36(53-55-52)37(71-40)29-69-76(65,54-34(3)45(62)68-10)73-35-22-18-17-19-23-35)46(63)56(42(32)60)24-20-15-16-21-25-57-43(61)33(2)28-59(47(57)64)44-41(74-79(13,14)49(7,8)9)50(38(51)31-77(66,67)75-50)39(72-44)30-70-78(11,12)48(4,5)6/h17-19,22-23,27-28,31,34,36-37,39-41,44H,15-16,20-21,24-26,29-30,51H2,1-14H3,(H,54,65)/t34?,36?,37-,39+,40-,41-,44+,50+,76?/m0/s1. The second-order valence-corrected chi connectivity index (χ2v) is 36.0. The highest BCUT2D eigenvalue weighted by molar-refractivity contribution is 7.90. The van der Waals surface area contributed by atoms with Crippen LogP contribution in [0, 0.1) is 13.8 Å². The quantitative estimate of drug-likeness (QED) is 0.0145. The number of aromatic nitrogens is 4. The van der Waals surface area contributed by atoms with Gasteiger partial charge in [0.05, 0.1) is 43.6 Å². The number of ether oxygens (including phenoxy) is 3. The first-order valence-electron chi connectivity index (χ1n) is 26.2. The summed E-state index contributed by atoms with van der Waals surface area (Å²) < 4.78 is 94.2. The zero-order valence-corrected chi connectivity index (χ0v) is 51.3. The molecule has 3 aliphatic rings. The molecule has 438 valence electrons. The number of hydrogen-bond acceptors (Lipinski definition) is 18. The van der Waals surface area contributed by atoms with Gasteiger partial charge in [0.2, 0.25) is 0 Å². The number of para-hydroxylation sites is 1. The first kappa shape index (κ1) is 63.2. The van der Waals surface area contributed by atoms with Crippen LogP contribution in [0.3, 0.4) is 0 Å². The Hall–Kier alpha value is -4.97. The number of rotatable bonds is 23. The number of hydrogen-bond donors (Lipinski definition) is 2. The molecule has 3 aliphatic heterocycles. The molecule has 3 unspecified atom stereocenters. The molecule has 0 aliphatic carbocycles. The van der Waals surface area contributed by atoms with Gasteiger partial charge in [-0.3, -0.25) is 37.2 Å². The van der Waals surface area contributed by atoms with Crippen LogP contribution >= 0.6 is 7.75 Å². The molecule has 1 aromatic carbocycles. The second kappa shape index (κ2) is 24.2. The first-order chi connectivity index (χ1) is 36.6. The normalized spacial score (nSPS) is 24.5. The van der Waals surface area contributed by atoms with Crippen LogP contribution in [0.2, 0.25) is 36.3 Å². The minimum atomic E-state index is -4.34. The molecule has 2 aromatic heterocycles. The van der Waals surface area contributed by atoms with Crippen LogP contribution < -0.4 is 37.8 Å². The molecule has 3 aromatic rings. The van der Waals surface area contributed by atoms with Gasteiger partial charge in [0.15, 0.2) is 28.5 Å². The summed E-state index contributed by atoms with van der Waals surface area (Å²) in [6.07, 6.45) is -1.51. The lowest BCUT2D eigenvalue weighted by atomic mass is 9.89. The van der Waals surface area contributed by atoms with Gasteiger partial charge in [-0.1, -0.05) is 77.7 Å². The fourth-order valence-corrected chi connectivity index (χ4v) is 14.0. The minimum absolute atomic E-state index is 0.00565. The van der Waals surface area contributed by atoms with E-state index < -0.39 is 123 Å². The number of unbranched alkanes of at least 4 members (excludes halogenated alkanes) is 3. The first-order valence-corrected chi connectivity index (χ1v) is 35.1. The third kappa shape index (κ3) is 13.9. The molecule has 9 atom stereocenters. The number of azide groups is 1. The Morgan fingerprint density at radius 1 is 0.899 bits per heavy atom. The summed E-state index contributed by atoms with van der Waals surface area (Å²) in [5.74, 6) is -0.574. The van der Waals surface area contributed by atoms with E-state index in [1.807, 2.05) is 47.0 Å². The maximum Gasteiger partial charge on any atom is 0.459 e. The Balaban J connectivity index is 1.18. The van der Waals surface area contributed by atoms with E-state index in [2.05, 4.69) is 35.9 Å². The zero-order valence-electron chi connectivity index (χ0n) is 47.6. The molecule has 2 saturated heterocycles. The summed E-state index contributed by atoms with van der Waals surface area (Å²) in [6, 6.07) is 6.04. The predicted molar refractivity (Wildman–Crippen MR) is 299 cm³/mol. The highest BCUT2D eigenvalue weighted by Gasteiger charge is 2.67. The van der Waals surface area contributed by atoms with Gasteiger partial charge in [-0.05, 0) is 87.5 Å². The van der Waals surface area contributed by atoms with E-state index in [9.17, 15) is 42.5 Å². The van der Waals surface area contributed by atoms with Gasteiger partial charge in [-0.15, -0.1) is 0 Å². The van der Waals surface area contributed by atoms with Gasteiger partial charge in [-0.25, -0.2) is 18.3 Å². The summed E-state index contributed by atoms with van der Waals surface area (Å²) in [5, 5.41) is 6.61. The van der Waals surface area contributed by atoms with Crippen LogP contribution in [0.1, 0.15) is 104 Å². The summed E-state index contributed by atoms with van der Waals surface area (Å²) >= 11 is 0. The number of aryl methyl sites for hydroxylation is 2. The summed E-state index contributed by atoms with van der Waals surface area (Å²) in [6.45, 7) is 24.1. The maximum absolute atomic E-state index is 14.7. The molecule has 2 fully saturated rings. The summed E-state index contributed by atoms with van der Waals surface area (Å²) in [7, 11) is -12.8. The molecule has 79 heavy (non-hydrogen) atoms. The Morgan fingerprint density at radius 3 is 1.97 bits per heavy atom. The topological polar surface area (TPSA) is 317 Å². The van der Waals surface area contributed by atoms with Gasteiger partial charge < -0.3 is 33.3 Å². The largest absolute Gasteiger partial charge is 0.468 e. The number of nitrogens with one attached hydrogen (secondary N) is 1. The van der Waals surface area contributed by atoms with Gasteiger partial charge in [0.25, 0.3) is 21.2 Å². The van der Waals surface area contributed by atoms with E-state index in [1.165, 1.54) is 47.7 Å². The fraction of sp³-hybridized carbons (Fsp3) is 0.660. The van der Waals surface area contributed by atoms with E-state index in [0.29, 0.717) is 25.7 Å². The van der Waals surface area contributed by atoms with Crippen LogP contribution in [0.15, 0.2) is 78.1 Å². The van der Waals surface area contributed by atoms with Crippen molar-refractivity contribution in [3.8, 4) is 5.75 Å². The Bertz CT molecular complexity index is 3220. The lowest BCUT2D eigenvalue weighted by molar-refractivity contribution is -0.142. The fourth-order valence-electron chi connectivity index (χ4n) is 8.98. The van der Waals surface area contributed by atoms with E-state index >= 15 is 0 Å². The molecule has 3 N–H and O–H groups in total. The van der Waals surface area contributed by atoms with Crippen molar-refractivity contribution in [3.05, 3.63) is 117 Å². The number of benzene rings is 1. The highest BCUT2D eigenvalue weighted by atomic mass is 32.2. The molecule has 5 heterocycles. The van der Waals surface area contributed by atoms with Crippen molar-refractivity contribution >= 4 is 40.5 Å². The third-order valence-electron chi connectivity index (χ3n) is 15.6. The van der Waals surface area contributed by atoms with Crippen LogP contribution in [0.5, 0.6) is 5.75 Å². The minimum Gasteiger partial charge on any atom is -0.468 e.